The van der Waals surface area contributed by atoms with E-state index in [1.165, 1.54) is 37.3 Å². The Labute approximate surface area is 165 Å². The van der Waals surface area contributed by atoms with Crippen LogP contribution in [0.5, 0.6) is 5.75 Å². The first-order valence-corrected chi connectivity index (χ1v) is 10.2. The lowest BCUT2D eigenvalue weighted by atomic mass is 10.2. The molecule has 1 saturated heterocycles. The molecule has 1 aliphatic rings. The lowest BCUT2D eigenvalue weighted by Crippen LogP contribution is -2.40. The fourth-order valence-electron chi connectivity index (χ4n) is 2.76. The van der Waals surface area contributed by atoms with Crippen LogP contribution >= 0.6 is 0 Å². The summed E-state index contributed by atoms with van der Waals surface area (Å²) >= 11 is 0. The van der Waals surface area contributed by atoms with E-state index in [1.54, 1.807) is 20.8 Å². The highest BCUT2D eigenvalue weighted by atomic mass is 32.2. The molecule has 1 aromatic rings. The first kappa shape index (κ1) is 22.0. The number of hydrogen-bond donors (Lipinski definition) is 1. The number of nitrogens with one attached hydrogen (secondary N) is 1. The molecule has 0 spiro atoms. The van der Waals surface area contributed by atoms with E-state index in [0.29, 0.717) is 13.0 Å². The summed E-state index contributed by atoms with van der Waals surface area (Å²) in [5.74, 6) is -0.492. The fraction of sp³-hybridized carbons (Fsp3) is 0.556. The molecule has 156 valence electrons. The minimum absolute atomic E-state index is 0.00896. The van der Waals surface area contributed by atoms with Gasteiger partial charge in [-0.1, -0.05) is 0 Å². The maximum atomic E-state index is 12.7. The zero-order valence-corrected chi connectivity index (χ0v) is 17.5. The quantitative estimate of drug-likeness (QED) is 0.731. The van der Waals surface area contributed by atoms with Crippen molar-refractivity contribution in [1.82, 2.24) is 9.62 Å². The van der Waals surface area contributed by atoms with Crippen molar-refractivity contribution in [3.05, 3.63) is 23.8 Å². The Morgan fingerprint density at radius 3 is 2.46 bits per heavy atom. The second kappa shape index (κ2) is 8.36. The highest BCUT2D eigenvalue weighted by Crippen LogP contribution is 2.24. The van der Waals surface area contributed by atoms with E-state index < -0.39 is 33.7 Å². The number of nitrogens with zero attached hydrogens (tertiary/aromatic N) is 1. The van der Waals surface area contributed by atoms with Crippen LogP contribution in [-0.4, -0.2) is 64.3 Å². The Hall–Kier alpha value is -2.33. The summed E-state index contributed by atoms with van der Waals surface area (Å²) < 4.78 is 43.1. The number of esters is 1. The Kier molecular flexibility index (Phi) is 6.56. The van der Waals surface area contributed by atoms with Gasteiger partial charge in [-0.2, -0.15) is 0 Å². The molecule has 10 heteroatoms. The maximum Gasteiger partial charge on any atom is 0.410 e. The van der Waals surface area contributed by atoms with Gasteiger partial charge >= 0.3 is 12.1 Å². The largest absolute Gasteiger partial charge is 0.496 e. The molecular weight excluding hydrogens is 388 g/mol. The van der Waals surface area contributed by atoms with Crippen LogP contribution < -0.4 is 9.46 Å². The molecular formula is C18H26N2O7S. The van der Waals surface area contributed by atoms with Gasteiger partial charge in [0.05, 0.1) is 19.1 Å². The van der Waals surface area contributed by atoms with E-state index in [9.17, 15) is 18.0 Å². The Morgan fingerprint density at radius 2 is 1.89 bits per heavy atom. The summed E-state index contributed by atoms with van der Waals surface area (Å²) in [6, 6.07) is 3.48. The second-order valence-corrected chi connectivity index (χ2v) is 9.10. The maximum absolute atomic E-state index is 12.7. The first-order chi connectivity index (χ1) is 13.0. The smallest absolute Gasteiger partial charge is 0.410 e. The molecule has 28 heavy (non-hydrogen) atoms. The number of amides is 1. The van der Waals surface area contributed by atoms with Gasteiger partial charge in [0.25, 0.3) is 0 Å². The van der Waals surface area contributed by atoms with Crippen LogP contribution in [0.15, 0.2) is 23.1 Å². The number of sulfonamides is 1. The number of benzene rings is 1. The van der Waals surface area contributed by atoms with Gasteiger partial charge in [-0.15, -0.1) is 0 Å². The zero-order valence-electron chi connectivity index (χ0n) is 16.6. The van der Waals surface area contributed by atoms with Gasteiger partial charge in [0.1, 0.15) is 16.9 Å². The standard InChI is InChI=1S/C18H26N2O7S/c1-18(2,3)27-17(22)20-9-8-12(11-20)19-28(23,24)13-6-7-15(25-4)14(10-13)16(21)26-5/h6-7,10,12,19H,8-9,11H2,1-5H3/t12-/m0/s1. The van der Waals surface area contributed by atoms with Crippen molar-refractivity contribution in [2.75, 3.05) is 27.3 Å². The summed E-state index contributed by atoms with van der Waals surface area (Å²) in [7, 11) is -1.34. The molecule has 0 unspecified atom stereocenters. The molecule has 1 aliphatic heterocycles. The number of carbonyl (C=O) groups is 2. The van der Waals surface area contributed by atoms with Crippen molar-refractivity contribution in [3.8, 4) is 5.75 Å². The van der Waals surface area contributed by atoms with Crippen molar-refractivity contribution < 1.29 is 32.2 Å². The van der Waals surface area contributed by atoms with E-state index in [1.807, 2.05) is 0 Å². The monoisotopic (exact) mass is 414 g/mol. The van der Waals surface area contributed by atoms with Crippen molar-refractivity contribution in [2.24, 2.45) is 0 Å². The normalized spacial score (nSPS) is 17.3. The van der Waals surface area contributed by atoms with Crippen LogP contribution in [0, 0.1) is 0 Å². The second-order valence-electron chi connectivity index (χ2n) is 7.39. The molecule has 1 heterocycles. The zero-order chi connectivity index (χ0) is 21.1. The third-order valence-corrected chi connectivity index (χ3v) is 5.57. The topological polar surface area (TPSA) is 111 Å². The SMILES string of the molecule is COC(=O)c1cc(S(=O)(=O)N[C@H]2CCN(C(=O)OC(C)(C)C)C2)ccc1OC. The summed E-state index contributed by atoms with van der Waals surface area (Å²) in [6.45, 7) is 5.89. The molecule has 1 atom stereocenters. The molecule has 0 saturated carbocycles. The lowest BCUT2D eigenvalue weighted by molar-refractivity contribution is 0.0291. The number of carbonyl (C=O) groups excluding carboxylic acids is 2. The number of rotatable bonds is 5. The lowest BCUT2D eigenvalue weighted by Gasteiger charge is -2.24. The molecule has 0 radical (unpaired) electrons. The van der Waals surface area contributed by atoms with E-state index >= 15 is 0 Å². The van der Waals surface area contributed by atoms with Gasteiger partial charge in [0.15, 0.2) is 0 Å². The van der Waals surface area contributed by atoms with Crippen molar-refractivity contribution in [2.45, 2.75) is 43.7 Å². The van der Waals surface area contributed by atoms with Crippen LogP contribution in [0.1, 0.15) is 37.6 Å². The average Bonchev–Trinajstić information content (AvgIpc) is 3.07. The molecule has 0 bridgehead atoms. The molecule has 1 N–H and O–H groups in total. The number of ether oxygens (including phenoxy) is 3. The van der Waals surface area contributed by atoms with Gasteiger partial charge in [-0.05, 0) is 45.4 Å². The Balaban J connectivity index is 2.12. The number of methoxy groups -OCH3 is 2. The van der Waals surface area contributed by atoms with Crippen LogP contribution in [0.25, 0.3) is 0 Å². The Morgan fingerprint density at radius 1 is 1.21 bits per heavy atom. The van der Waals surface area contributed by atoms with E-state index in [2.05, 4.69) is 9.46 Å². The van der Waals surface area contributed by atoms with Gasteiger partial charge in [-0.25, -0.2) is 22.7 Å². The molecule has 9 nitrogen and oxygen atoms in total. The van der Waals surface area contributed by atoms with Crippen molar-refractivity contribution in [3.63, 3.8) is 0 Å². The van der Waals surface area contributed by atoms with E-state index in [4.69, 9.17) is 9.47 Å². The minimum atomic E-state index is -3.91. The molecule has 1 aromatic carbocycles. The molecule has 0 aromatic heterocycles. The summed E-state index contributed by atoms with van der Waals surface area (Å²) in [5, 5.41) is 0. The van der Waals surface area contributed by atoms with E-state index in [-0.39, 0.29) is 22.8 Å². The molecule has 2 rings (SSSR count). The number of hydrogen-bond acceptors (Lipinski definition) is 7. The average molecular weight is 414 g/mol. The number of likely N-dealkylation sites (tertiary alicyclic amines) is 1. The van der Waals surface area contributed by atoms with Gasteiger partial charge in [0, 0.05) is 19.1 Å². The minimum Gasteiger partial charge on any atom is -0.496 e. The van der Waals surface area contributed by atoms with Crippen LogP contribution in [0.2, 0.25) is 0 Å². The summed E-state index contributed by atoms with van der Waals surface area (Å²) in [4.78, 5) is 25.4. The van der Waals surface area contributed by atoms with Crippen LogP contribution in [0.3, 0.4) is 0 Å². The fourth-order valence-corrected chi connectivity index (χ4v) is 4.05. The molecule has 0 aliphatic carbocycles. The third kappa shape index (κ3) is 5.35. The molecule has 1 amide bonds. The predicted molar refractivity (Wildman–Crippen MR) is 101 cm³/mol. The molecule has 1 fully saturated rings. The van der Waals surface area contributed by atoms with E-state index in [0.717, 1.165) is 0 Å². The highest BCUT2D eigenvalue weighted by Gasteiger charge is 2.32. The Bertz CT molecular complexity index is 846. The summed E-state index contributed by atoms with van der Waals surface area (Å²) in [6.07, 6.45) is -0.0231. The van der Waals surface area contributed by atoms with Gasteiger partial charge < -0.3 is 19.1 Å². The first-order valence-electron chi connectivity index (χ1n) is 8.73. The third-order valence-electron chi connectivity index (χ3n) is 4.05. The van der Waals surface area contributed by atoms with Gasteiger partial charge in [0.2, 0.25) is 10.0 Å². The van der Waals surface area contributed by atoms with Crippen molar-refractivity contribution >= 4 is 22.1 Å². The van der Waals surface area contributed by atoms with Crippen LogP contribution in [-0.2, 0) is 19.5 Å². The van der Waals surface area contributed by atoms with Gasteiger partial charge in [-0.3, -0.25) is 0 Å². The highest BCUT2D eigenvalue weighted by molar-refractivity contribution is 7.89. The summed E-state index contributed by atoms with van der Waals surface area (Å²) in [5.41, 5.74) is -0.614. The van der Waals surface area contributed by atoms with Crippen LogP contribution in [0.4, 0.5) is 4.79 Å². The van der Waals surface area contributed by atoms with Crippen molar-refractivity contribution in [1.29, 1.82) is 0 Å². The predicted octanol–water partition coefficient (Wildman–Crippen LogP) is 1.77.